The first-order valence-corrected chi connectivity index (χ1v) is 17.0. The van der Waals surface area contributed by atoms with Crippen LogP contribution in [0.1, 0.15) is 26.7 Å². The highest BCUT2D eigenvalue weighted by molar-refractivity contribution is 5.77. The molecule has 1 aromatic heterocycles. The number of ether oxygens (including phenoxy) is 4. The van der Waals surface area contributed by atoms with Crippen molar-refractivity contribution in [3.63, 3.8) is 0 Å². The molecular formula is C35H53N5O5. The van der Waals surface area contributed by atoms with E-state index in [9.17, 15) is 0 Å². The molecule has 0 spiro atoms. The zero-order chi connectivity index (χ0) is 31.1. The van der Waals surface area contributed by atoms with Gasteiger partial charge in [0, 0.05) is 103 Å². The zero-order valence-corrected chi connectivity index (χ0v) is 27.5. The van der Waals surface area contributed by atoms with Crippen LogP contribution >= 0.6 is 0 Å². The average molecular weight is 624 g/mol. The Labute approximate surface area is 269 Å². The van der Waals surface area contributed by atoms with Gasteiger partial charge in [0.2, 0.25) is 5.89 Å². The SMILES string of the molecule is CCOCCN1CCN(CCCOc2ccc(-c3nc4ccc(OCCCN5CCN(CCOCC)CC5)cc4o3)cc2)CC1. The van der Waals surface area contributed by atoms with Crippen molar-refractivity contribution in [3.8, 4) is 23.0 Å². The van der Waals surface area contributed by atoms with Gasteiger partial charge in [0.25, 0.3) is 0 Å². The Morgan fingerprint density at radius 3 is 1.62 bits per heavy atom. The molecule has 0 saturated carbocycles. The minimum Gasteiger partial charge on any atom is -0.494 e. The second-order valence-electron chi connectivity index (χ2n) is 11.8. The van der Waals surface area contributed by atoms with E-state index < -0.39 is 0 Å². The van der Waals surface area contributed by atoms with Gasteiger partial charge in [-0.2, -0.15) is 0 Å². The molecule has 0 N–H and O–H groups in total. The molecule has 5 rings (SSSR count). The molecule has 10 heteroatoms. The van der Waals surface area contributed by atoms with E-state index in [-0.39, 0.29) is 0 Å². The lowest BCUT2D eigenvalue weighted by Gasteiger charge is -2.34. The molecule has 2 aromatic carbocycles. The molecule has 0 bridgehead atoms. The molecule has 2 fully saturated rings. The van der Waals surface area contributed by atoms with Crippen LogP contribution in [0.2, 0.25) is 0 Å². The molecule has 0 radical (unpaired) electrons. The Kier molecular flexibility index (Phi) is 13.8. The van der Waals surface area contributed by atoms with Gasteiger partial charge in [-0.1, -0.05) is 0 Å². The van der Waals surface area contributed by atoms with Gasteiger partial charge >= 0.3 is 0 Å². The minimum absolute atomic E-state index is 0.606. The van der Waals surface area contributed by atoms with E-state index in [2.05, 4.69) is 26.5 Å². The topological polar surface area (TPSA) is 75.9 Å². The summed E-state index contributed by atoms with van der Waals surface area (Å²) in [7, 11) is 0. The van der Waals surface area contributed by atoms with E-state index in [1.165, 1.54) is 0 Å². The molecule has 2 aliphatic rings. The number of oxazole rings is 1. The number of benzene rings is 2. The predicted octanol–water partition coefficient (Wildman–Crippen LogP) is 4.34. The molecule has 10 nitrogen and oxygen atoms in total. The van der Waals surface area contributed by atoms with Crippen LogP contribution in [-0.2, 0) is 9.47 Å². The van der Waals surface area contributed by atoms with Crippen molar-refractivity contribution < 1.29 is 23.4 Å². The summed E-state index contributed by atoms with van der Waals surface area (Å²) in [5.41, 5.74) is 2.50. The summed E-state index contributed by atoms with van der Waals surface area (Å²) < 4.78 is 29.2. The van der Waals surface area contributed by atoms with E-state index in [4.69, 9.17) is 28.3 Å². The third kappa shape index (κ3) is 10.9. The highest BCUT2D eigenvalue weighted by Crippen LogP contribution is 2.28. The maximum absolute atomic E-state index is 6.11. The maximum Gasteiger partial charge on any atom is 0.227 e. The van der Waals surface area contributed by atoms with Crippen LogP contribution in [-0.4, -0.2) is 143 Å². The standard InChI is InChI=1S/C35H53N5O5/c1-3-41-27-23-39-19-15-37(16-20-39)13-5-25-43-31-9-7-30(8-10-31)35-36-33-12-11-32(29-34(33)45-35)44-26-6-14-38-17-21-40(22-18-38)24-28-42-4-2/h7-12,29H,3-6,13-28H2,1-2H3. The van der Waals surface area contributed by atoms with Gasteiger partial charge in [-0.3, -0.25) is 9.80 Å². The van der Waals surface area contributed by atoms with Crippen molar-refractivity contribution in [2.24, 2.45) is 0 Å². The van der Waals surface area contributed by atoms with Crippen molar-refractivity contribution in [2.75, 3.05) is 118 Å². The largest absolute Gasteiger partial charge is 0.494 e. The summed E-state index contributed by atoms with van der Waals surface area (Å²) in [5, 5.41) is 0. The predicted molar refractivity (Wildman–Crippen MR) is 178 cm³/mol. The smallest absolute Gasteiger partial charge is 0.227 e. The third-order valence-electron chi connectivity index (χ3n) is 8.68. The Morgan fingerprint density at radius 1 is 0.600 bits per heavy atom. The van der Waals surface area contributed by atoms with Gasteiger partial charge in [-0.05, 0) is 63.1 Å². The molecule has 2 saturated heterocycles. The molecule has 0 aliphatic carbocycles. The number of fused-ring (bicyclic) bond motifs is 1. The van der Waals surface area contributed by atoms with Gasteiger partial charge in [-0.15, -0.1) is 0 Å². The minimum atomic E-state index is 0.606. The van der Waals surface area contributed by atoms with E-state index in [1.807, 2.05) is 49.4 Å². The molecule has 0 amide bonds. The first-order valence-electron chi connectivity index (χ1n) is 17.0. The van der Waals surface area contributed by atoms with Crippen LogP contribution in [0.25, 0.3) is 22.6 Å². The highest BCUT2D eigenvalue weighted by Gasteiger charge is 2.17. The summed E-state index contributed by atoms with van der Waals surface area (Å²) in [6.45, 7) is 21.9. The van der Waals surface area contributed by atoms with Crippen LogP contribution in [0.5, 0.6) is 11.5 Å². The number of piperazine rings is 2. The number of aromatic nitrogens is 1. The summed E-state index contributed by atoms with van der Waals surface area (Å²) in [5.74, 6) is 2.29. The fraction of sp³-hybridized carbons (Fsp3) is 0.629. The molecule has 0 unspecified atom stereocenters. The molecule has 3 aromatic rings. The van der Waals surface area contributed by atoms with E-state index in [0.717, 1.165) is 146 Å². The zero-order valence-electron chi connectivity index (χ0n) is 27.5. The molecule has 2 aliphatic heterocycles. The summed E-state index contributed by atoms with van der Waals surface area (Å²) >= 11 is 0. The van der Waals surface area contributed by atoms with Crippen molar-refractivity contribution >= 4 is 11.1 Å². The lowest BCUT2D eigenvalue weighted by atomic mass is 10.2. The number of rotatable bonds is 19. The van der Waals surface area contributed by atoms with Crippen LogP contribution in [0, 0.1) is 0 Å². The fourth-order valence-corrected chi connectivity index (χ4v) is 5.92. The molecule has 3 heterocycles. The van der Waals surface area contributed by atoms with Gasteiger partial charge in [0.15, 0.2) is 5.58 Å². The molecule has 45 heavy (non-hydrogen) atoms. The van der Waals surface area contributed by atoms with Crippen molar-refractivity contribution in [2.45, 2.75) is 26.7 Å². The highest BCUT2D eigenvalue weighted by atomic mass is 16.5. The van der Waals surface area contributed by atoms with Crippen LogP contribution in [0.15, 0.2) is 46.9 Å². The monoisotopic (exact) mass is 623 g/mol. The summed E-state index contributed by atoms with van der Waals surface area (Å²) in [6.07, 6.45) is 2.02. The van der Waals surface area contributed by atoms with Crippen LogP contribution < -0.4 is 9.47 Å². The van der Waals surface area contributed by atoms with E-state index in [0.29, 0.717) is 19.1 Å². The Hall–Kier alpha value is -2.73. The van der Waals surface area contributed by atoms with Gasteiger partial charge in [0.1, 0.15) is 17.0 Å². The van der Waals surface area contributed by atoms with Gasteiger partial charge in [-0.25, -0.2) is 4.98 Å². The third-order valence-corrected chi connectivity index (χ3v) is 8.68. The van der Waals surface area contributed by atoms with Gasteiger partial charge in [0.05, 0.1) is 26.4 Å². The molecular weight excluding hydrogens is 570 g/mol. The fourth-order valence-electron chi connectivity index (χ4n) is 5.92. The van der Waals surface area contributed by atoms with Crippen LogP contribution in [0.4, 0.5) is 0 Å². The van der Waals surface area contributed by atoms with E-state index >= 15 is 0 Å². The van der Waals surface area contributed by atoms with Crippen molar-refractivity contribution in [1.29, 1.82) is 0 Å². The molecule has 0 atom stereocenters. The maximum atomic E-state index is 6.11. The lowest BCUT2D eigenvalue weighted by Crippen LogP contribution is -2.47. The van der Waals surface area contributed by atoms with Gasteiger partial charge < -0.3 is 33.2 Å². The van der Waals surface area contributed by atoms with Crippen molar-refractivity contribution in [1.82, 2.24) is 24.6 Å². The number of hydrogen-bond acceptors (Lipinski definition) is 10. The van der Waals surface area contributed by atoms with E-state index in [1.54, 1.807) is 0 Å². The second kappa shape index (κ2) is 18.4. The van der Waals surface area contributed by atoms with Crippen LogP contribution in [0.3, 0.4) is 0 Å². The first kappa shape index (κ1) is 33.6. The Bertz CT molecular complexity index is 1240. The molecule has 248 valence electrons. The second-order valence-corrected chi connectivity index (χ2v) is 11.8. The Balaban J connectivity index is 0.979. The quantitative estimate of drug-likeness (QED) is 0.180. The normalized spacial score (nSPS) is 17.3. The summed E-state index contributed by atoms with van der Waals surface area (Å²) in [6, 6.07) is 13.9. The average Bonchev–Trinajstić information content (AvgIpc) is 3.51. The first-order chi connectivity index (χ1) is 22.2. The van der Waals surface area contributed by atoms with Crippen molar-refractivity contribution in [3.05, 3.63) is 42.5 Å². The Morgan fingerprint density at radius 2 is 1.09 bits per heavy atom. The number of hydrogen-bond donors (Lipinski definition) is 0. The summed E-state index contributed by atoms with van der Waals surface area (Å²) in [4.78, 5) is 14.7. The lowest BCUT2D eigenvalue weighted by molar-refractivity contribution is 0.0790. The number of nitrogens with zero attached hydrogens (tertiary/aromatic N) is 5.